The van der Waals surface area contributed by atoms with Crippen LogP contribution in [-0.2, 0) is 27.2 Å². The molecule has 0 unspecified atom stereocenters. The Labute approximate surface area is 156 Å². The highest BCUT2D eigenvalue weighted by molar-refractivity contribution is 7.65. The molecule has 0 saturated heterocycles. The summed E-state index contributed by atoms with van der Waals surface area (Å²) in [5.41, 5.74) is 0.994. The number of benzene rings is 1. The lowest BCUT2D eigenvalue weighted by Crippen LogP contribution is -2.15. The average Bonchev–Trinajstić information content (AvgIpc) is 2.56. The first-order valence-corrected chi connectivity index (χ1v) is 11.8. The molecule has 0 aliphatic rings. The Morgan fingerprint density at radius 1 is 0.846 bits per heavy atom. The maximum absolute atomic E-state index is 13.4. The van der Waals surface area contributed by atoms with Crippen LogP contribution in [0, 0.1) is 0 Å². The van der Waals surface area contributed by atoms with Gasteiger partial charge in [-0.05, 0) is 40.2 Å². The van der Waals surface area contributed by atoms with E-state index in [0.717, 1.165) is 0 Å². The molecule has 1 aromatic rings. The Morgan fingerprint density at radius 2 is 1.31 bits per heavy atom. The topological polar surface area (TPSA) is 83.1 Å². The monoisotopic (exact) mass is 405 g/mol. The van der Waals surface area contributed by atoms with Crippen molar-refractivity contribution in [2.45, 2.75) is 34.6 Å². The van der Waals surface area contributed by atoms with Crippen molar-refractivity contribution >= 4 is 20.7 Å². The maximum Gasteiger partial charge on any atom is 0.432 e. The van der Waals surface area contributed by atoms with Crippen molar-refractivity contribution in [1.29, 1.82) is 0 Å². The normalized spacial score (nSPS) is 13.4. The fraction of sp³-hybridized carbons (Fsp3) is 0.529. The summed E-state index contributed by atoms with van der Waals surface area (Å²) in [6.45, 7) is 9.37. The molecule has 0 aromatic heterocycles. The minimum atomic E-state index is -3.65. The van der Waals surface area contributed by atoms with E-state index in [0.29, 0.717) is 16.6 Å². The van der Waals surface area contributed by atoms with Crippen molar-refractivity contribution in [3.8, 4) is 0 Å². The van der Waals surface area contributed by atoms with Crippen molar-refractivity contribution in [2.75, 3.05) is 26.4 Å². The van der Waals surface area contributed by atoms with Crippen LogP contribution >= 0.6 is 15.3 Å². The fourth-order valence-electron chi connectivity index (χ4n) is 2.38. The lowest BCUT2D eigenvalue weighted by molar-refractivity contribution is 0.214. The number of allylic oxidation sites excluding steroid dienone is 1. The number of hydrogen-bond donors (Lipinski definition) is 1. The summed E-state index contributed by atoms with van der Waals surface area (Å²) in [6.07, 6.45) is 0. The van der Waals surface area contributed by atoms with Crippen LogP contribution in [0.25, 0.3) is 5.31 Å². The Balaban J connectivity index is 3.49. The van der Waals surface area contributed by atoms with Gasteiger partial charge in [-0.3, -0.25) is 18.7 Å². The summed E-state index contributed by atoms with van der Waals surface area (Å²) in [5.74, 6) is 0. The van der Waals surface area contributed by atoms with Gasteiger partial charge < -0.3 is 9.05 Å². The number of hydrogen-bond acceptors (Lipinski definition) is 6. The van der Waals surface area contributed by atoms with E-state index in [1.165, 1.54) is 0 Å². The predicted octanol–water partition coefficient (Wildman–Crippen LogP) is 5.41. The summed E-state index contributed by atoms with van der Waals surface area (Å²) in [6, 6.07) is 9.06. The smallest absolute Gasteiger partial charge is 0.305 e. The van der Waals surface area contributed by atoms with Gasteiger partial charge in [0.05, 0.1) is 31.7 Å². The van der Waals surface area contributed by atoms with Gasteiger partial charge in [-0.15, -0.1) is 0 Å². The summed E-state index contributed by atoms with van der Waals surface area (Å²) >= 11 is 0. The van der Waals surface area contributed by atoms with Gasteiger partial charge in [0.1, 0.15) is 0 Å². The van der Waals surface area contributed by atoms with Gasteiger partial charge >= 0.3 is 15.3 Å². The molecule has 0 atom stereocenters. The van der Waals surface area contributed by atoms with Crippen LogP contribution < -0.4 is 5.09 Å². The van der Waals surface area contributed by atoms with Gasteiger partial charge in [0.25, 0.3) is 0 Å². The molecule has 0 aliphatic heterocycles. The molecule has 148 valence electrons. The van der Waals surface area contributed by atoms with Crippen LogP contribution in [0.2, 0.25) is 0 Å². The zero-order chi connectivity index (χ0) is 19.6. The van der Waals surface area contributed by atoms with Gasteiger partial charge in [-0.25, -0.2) is 4.57 Å². The summed E-state index contributed by atoms with van der Waals surface area (Å²) in [4.78, 5) is 0. The number of nitrogens with one attached hydrogen (secondary N) is 1. The molecule has 7 nitrogen and oxygen atoms in total. The highest BCUT2D eigenvalue weighted by Gasteiger charge is 2.35. The molecule has 1 rings (SSSR count). The molecule has 0 fully saturated rings. The second kappa shape index (κ2) is 11.0. The van der Waals surface area contributed by atoms with Crippen molar-refractivity contribution in [3.63, 3.8) is 0 Å². The maximum atomic E-state index is 13.4. The van der Waals surface area contributed by atoms with E-state index < -0.39 is 15.3 Å². The Hall–Kier alpha value is -0.940. The summed E-state index contributed by atoms with van der Waals surface area (Å²) in [5, 5.41) is 3.08. The Bertz CT molecular complexity index is 657. The molecule has 9 heteroatoms. The lowest BCUT2D eigenvalue weighted by Gasteiger charge is -2.25. The van der Waals surface area contributed by atoms with E-state index in [4.69, 9.17) is 18.1 Å². The zero-order valence-corrected chi connectivity index (χ0v) is 17.8. The zero-order valence-electron chi connectivity index (χ0n) is 16.1. The van der Waals surface area contributed by atoms with Gasteiger partial charge in [0.2, 0.25) is 0 Å². The van der Waals surface area contributed by atoms with Crippen molar-refractivity contribution in [2.24, 2.45) is 0 Å². The molecule has 0 radical (unpaired) electrons. The highest BCUT2D eigenvalue weighted by Crippen LogP contribution is 2.62. The molecule has 0 bridgehead atoms. The number of rotatable bonds is 12. The van der Waals surface area contributed by atoms with E-state index >= 15 is 0 Å². The van der Waals surface area contributed by atoms with E-state index in [-0.39, 0.29) is 26.4 Å². The van der Waals surface area contributed by atoms with E-state index in [2.05, 4.69) is 5.09 Å². The van der Waals surface area contributed by atoms with E-state index in [1.807, 2.05) is 18.2 Å². The van der Waals surface area contributed by atoms with Crippen LogP contribution in [0.15, 0.2) is 36.0 Å². The third-order valence-corrected chi connectivity index (χ3v) is 7.32. The molecule has 0 spiro atoms. The minimum Gasteiger partial charge on any atom is -0.305 e. The summed E-state index contributed by atoms with van der Waals surface area (Å²) in [7, 11) is -7.24. The molecular weight excluding hydrogens is 376 g/mol. The molecule has 1 N–H and O–H groups in total. The SMILES string of the molecule is CCOP(=O)(N/C(C)=C(/c1ccccc1)P(=O)(OCC)OCC)OCC. The van der Waals surface area contributed by atoms with Crippen molar-refractivity contribution in [1.82, 2.24) is 5.09 Å². The fourth-order valence-corrected chi connectivity index (χ4v) is 5.82. The standard InChI is InChI=1S/C17H29NO6P2/c1-6-21-25(19,22-7-2)17(16-13-11-10-12-14-16)15(5)18-26(20,23-8-3)24-9-4/h10-14H,6-9H2,1-5H3,(H,18,20)/b17-15-. The molecule has 0 aliphatic carbocycles. The van der Waals surface area contributed by atoms with Crippen LogP contribution in [0.3, 0.4) is 0 Å². The minimum absolute atomic E-state index is 0.201. The molecular formula is C17H29NO6P2. The van der Waals surface area contributed by atoms with E-state index in [9.17, 15) is 9.13 Å². The first-order chi connectivity index (χ1) is 12.4. The average molecular weight is 405 g/mol. The second-order valence-electron chi connectivity index (χ2n) is 5.12. The van der Waals surface area contributed by atoms with Gasteiger partial charge in [0.15, 0.2) is 0 Å². The van der Waals surface area contributed by atoms with E-state index in [1.54, 1.807) is 46.8 Å². The van der Waals surface area contributed by atoms with Crippen molar-refractivity contribution in [3.05, 3.63) is 41.6 Å². The molecule has 1 aromatic carbocycles. The van der Waals surface area contributed by atoms with Crippen molar-refractivity contribution < 1.29 is 27.2 Å². The van der Waals surface area contributed by atoms with Gasteiger partial charge in [-0.2, -0.15) is 0 Å². The Kier molecular flexibility index (Phi) is 9.80. The third-order valence-electron chi connectivity index (χ3n) is 3.18. The van der Waals surface area contributed by atoms with Gasteiger partial charge in [-0.1, -0.05) is 30.3 Å². The van der Waals surface area contributed by atoms with Crippen LogP contribution in [0.5, 0.6) is 0 Å². The lowest BCUT2D eigenvalue weighted by atomic mass is 10.2. The van der Waals surface area contributed by atoms with Crippen LogP contribution in [-0.4, -0.2) is 26.4 Å². The third kappa shape index (κ3) is 6.34. The molecule has 0 saturated carbocycles. The largest absolute Gasteiger partial charge is 0.432 e. The Morgan fingerprint density at radius 3 is 1.73 bits per heavy atom. The van der Waals surface area contributed by atoms with Crippen LogP contribution in [0.4, 0.5) is 0 Å². The molecule has 0 heterocycles. The first kappa shape index (κ1) is 23.1. The van der Waals surface area contributed by atoms with Crippen LogP contribution in [0.1, 0.15) is 40.2 Å². The molecule has 26 heavy (non-hydrogen) atoms. The van der Waals surface area contributed by atoms with Gasteiger partial charge in [0, 0.05) is 5.70 Å². The summed E-state index contributed by atoms with van der Waals surface area (Å²) < 4.78 is 47.8. The highest BCUT2D eigenvalue weighted by atomic mass is 31.2. The predicted molar refractivity (Wildman–Crippen MR) is 104 cm³/mol. The first-order valence-electron chi connectivity index (χ1n) is 8.69. The quantitative estimate of drug-likeness (QED) is 0.465. The second-order valence-corrected chi connectivity index (χ2v) is 8.81. The molecule has 0 amide bonds.